The Balaban J connectivity index is 2.26. The molecule has 9 heteroatoms. The minimum absolute atomic E-state index is 0.289. The van der Waals surface area contributed by atoms with E-state index < -0.39 is 41.9 Å². The smallest absolute Gasteiger partial charge is 0.317 e. The molecule has 0 aromatic heterocycles. The molecule has 124 valence electrons. The Labute approximate surface area is 128 Å². The Morgan fingerprint density at radius 1 is 1.27 bits per heavy atom. The summed E-state index contributed by atoms with van der Waals surface area (Å²) in [6, 6.07) is -1.16. The molecule has 0 saturated carbocycles. The van der Waals surface area contributed by atoms with E-state index in [0.29, 0.717) is 0 Å². The van der Waals surface area contributed by atoms with E-state index in [1.54, 1.807) is 27.7 Å². The lowest BCUT2D eigenvalue weighted by atomic mass is 10.0. The van der Waals surface area contributed by atoms with Crippen LogP contribution in [-0.2, 0) is 28.5 Å². The zero-order valence-corrected chi connectivity index (χ0v) is 13.3. The zero-order valence-electron chi connectivity index (χ0n) is 13.3. The lowest BCUT2D eigenvalue weighted by molar-refractivity contribution is -0.175. The standard InChI is InChI=1S/C13H21N3O6/c1-12(2)19-6-7(20-12)9-10(22-13(3,4)21-9)8(15-16-14)11(17)18-5/h7-10H,6H2,1-5H3/t7-,8+,9-,10-/m1/s1. The van der Waals surface area contributed by atoms with Gasteiger partial charge in [-0.1, -0.05) is 5.11 Å². The largest absolute Gasteiger partial charge is 0.469 e. The van der Waals surface area contributed by atoms with Crippen LogP contribution in [0.4, 0.5) is 0 Å². The van der Waals surface area contributed by atoms with Gasteiger partial charge in [-0.25, -0.2) is 0 Å². The maximum absolute atomic E-state index is 11.9. The van der Waals surface area contributed by atoms with E-state index in [2.05, 4.69) is 14.8 Å². The van der Waals surface area contributed by atoms with Crippen molar-refractivity contribution in [2.75, 3.05) is 13.7 Å². The summed E-state index contributed by atoms with van der Waals surface area (Å²) in [6.45, 7) is 7.29. The maximum Gasteiger partial charge on any atom is 0.317 e. The van der Waals surface area contributed by atoms with Crippen molar-refractivity contribution in [1.82, 2.24) is 0 Å². The third-order valence-corrected chi connectivity index (χ3v) is 3.49. The molecule has 0 aromatic rings. The quantitative estimate of drug-likeness (QED) is 0.336. The van der Waals surface area contributed by atoms with Gasteiger partial charge >= 0.3 is 5.97 Å². The highest BCUT2D eigenvalue weighted by Crippen LogP contribution is 2.37. The highest BCUT2D eigenvalue weighted by molar-refractivity contribution is 5.76. The van der Waals surface area contributed by atoms with Gasteiger partial charge in [0.2, 0.25) is 0 Å². The predicted octanol–water partition coefficient (Wildman–Crippen LogP) is 1.51. The van der Waals surface area contributed by atoms with Crippen molar-refractivity contribution in [1.29, 1.82) is 0 Å². The second kappa shape index (κ2) is 6.02. The van der Waals surface area contributed by atoms with Gasteiger partial charge < -0.3 is 23.7 Å². The first-order chi connectivity index (χ1) is 10.2. The molecule has 2 aliphatic heterocycles. The lowest BCUT2D eigenvalue weighted by Gasteiger charge is -2.25. The van der Waals surface area contributed by atoms with Gasteiger partial charge in [0.15, 0.2) is 17.6 Å². The molecule has 0 spiro atoms. The van der Waals surface area contributed by atoms with Crippen LogP contribution in [0.5, 0.6) is 0 Å². The molecule has 0 unspecified atom stereocenters. The second-order valence-corrected chi connectivity index (χ2v) is 6.10. The van der Waals surface area contributed by atoms with Gasteiger partial charge in [-0.2, -0.15) is 0 Å². The van der Waals surface area contributed by atoms with Crippen molar-refractivity contribution in [3.63, 3.8) is 0 Å². The first kappa shape index (κ1) is 17.0. The summed E-state index contributed by atoms with van der Waals surface area (Å²) in [6.07, 6.45) is -1.88. The minimum atomic E-state index is -1.16. The number of carbonyl (C=O) groups excluding carboxylic acids is 1. The molecule has 0 aliphatic carbocycles. The monoisotopic (exact) mass is 315 g/mol. The van der Waals surface area contributed by atoms with Gasteiger partial charge in [0.05, 0.1) is 13.7 Å². The van der Waals surface area contributed by atoms with Gasteiger partial charge in [-0.3, -0.25) is 4.79 Å². The van der Waals surface area contributed by atoms with E-state index >= 15 is 0 Å². The number of nitrogens with zero attached hydrogens (tertiary/aromatic N) is 3. The van der Waals surface area contributed by atoms with Gasteiger partial charge in [0, 0.05) is 4.91 Å². The topological polar surface area (TPSA) is 112 Å². The number of azide groups is 1. The van der Waals surface area contributed by atoms with E-state index in [-0.39, 0.29) is 6.61 Å². The van der Waals surface area contributed by atoms with Gasteiger partial charge in [-0.05, 0) is 33.2 Å². The molecule has 2 rings (SSSR count). The van der Waals surface area contributed by atoms with E-state index in [0.717, 1.165) is 0 Å². The van der Waals surface area contributed by atoms with E-state index in [9.17, 15) is 4.79 Å². The van der Waals surface area contributed by atoms with Crippen LogP contribution in [0.15, 0.2) is 5.11 Å². The number of carbonyl (C=O) groups is 1. The molecule has 4 atom stereocenters. The highest BCUT2D eigenvalue weighted by Gasteiger charge is 2.53. The van der Waals surface area contributed by atoms with Crippen LogP contribution in [0.1, 0.15) is 27.7 Å². The number of rotatable bonds is 4. The summed E-state index contributed by atoms with van der Waals surface area (Å²) in [5, 5.41) is 3.51. The summed E-state index contributed by atoms with van der Waals surface area (Å²) in [7, 11) is 1.22. The number of esters is 1. The van der Waals surface area contributed by atoms with Gasteiger partial charge in [0.25, 0.3) is 0 Å². The fraction of sp³-hybridized carbons (Fsp3) is 0.923. The Kier molecular flexibility index (Phi) is 4.65. The zero-order chi connectivity index (χ0) is 16.5. The molecule has 0 amide bonds. The number of hydrogen-bond acceptors (Lipinski definition) is 7. The fourth-order valence-corrected chi connectivity index (χ4v) is 2.65. The lowest BCUT2D eigenvalue weighted by Crippen LogP contribution is -2.46. The molecule has 0 aromatic carbocycles. The van der Waals surface area contributed by atoms with Crippen LogP contribution < -0.4 is 0 Å². The Hall–Kier alpha value is -1.38. The number of ether oxygens (including phenoxy) is 5. The normalized spacial score (nSPS) is 34.0. The first-order valence-electron chi connectivity index (χ1n) is 6.98. The van der Waals surface area contributed by atoms with Crippen LogP contribution in [0, 0.1) is 0 Å². The average Bonchev–Trinajstić information content (AvgIpc) is 2.94. The van der Waals surface area contributed by atoms with Crippen molar-refractivity contribution in [2.24, 2.45) is 5.11 Å². The molecule has 2 saturated heterocycles. The fourth-order valence-electron chi connectivity index (χ4n) is 2.65. The molecule has 0 N–H and O–H groups in total. The van der Waals surface area contributed by atoms with E-state index in [1.807, 2.05) is 0 Å². The van der Waals surface area contributed by atoms with Crippen molar-refractivity contribution in [3.8, 4) is 0 Å². The molecule has 2 fully saturated rings. The summed E-state index contributed by atoms with van der Waals surface area (Å²) >= 11 is 0. The number of hydrogen-bond donors (Lipinski definition) is 0. The number of methoxy groups -OCH3 is 1. The first-order valence-corrected chi connectivity index (χ1v) is 6.98. The highest BCUT2D eigenvalue weighted by atomic mass is 16.8. The molecule has 0 bridgehead atoms. The third-order valence-electron chi connectivity index (χ3n) is 3.49. The van der Waals surface area contributed by atoms with Crippen molar-refractivity contribution in [2.45, 2.75) is 63.6 Å². The van der Waals surface area contributed by atoms with Crippen LogP contribution in [-0.4, -0.2) is 55.6 Å². The van der Waals surface area contributed by atoms with Crippen LogP contribution in [0.3, 0.4) is 0 Å². The van der Waals surface area contributed by atoms with Crippen LogP contribution >= 0.6 is 0 Å². The molecule has 2 aliphatic rings. The Bertz CT molecular complexity index is 488. The van der Waals surface area contributed by atoms with Crippen molar-refractivity contribution < 1.29 is 28.5 Å². The molecule has 22 heavy (non-hydrogen) atoms. The third kappa shape index (κ3) is 3.50. The second-order valence-electron chi connectivity index (χ2n) is 6.10. The Morgan fingerprint density at radius 3 is 2.45 bits per heavy atom. The minimum Gasteiger partial charge on any atom is -0.469 e. The molecule has 0 radical (unpaired) electrons. The predicted molar refractivity (Wildman–Crippen MR) is 73.7 cm³/mol. The molecule has 2 heterocycles. The van der Waals surface area contributed by atoms with Crippen molar-refractivity contribution in [3.05, 3.63) is 10.4 Å². The van der Waals surface area contributed by atoms with Crippen LogP contribution in [0.25, 0.3) is 10.4 Å². The van der Waals surface area contributed by atoms with Crippen molar-refractivity contribution >= 4 is 5.97 Å². The SMILES string of the molecule is COC(=O)[C@@H](N=[N+]=[N-])[C@H]1OC(C)(C)O[C@@H]1[C@H]1COC(C)(C)O1. The van der Waals surface area contributed by atoms with E-state index in [1.165, 1.54) is 7.11 Å². The summed E-state index contributed by atoms with van der Waals surface area (Å²) < 4.78 is 27.6. The van der Waals surface area contributed by atoms with Crippen LogP contribution in [0.2, 0.25) is 0 Å². The maximum atomic E-state index is 11.9. The molecule has 9 nitrogen and oxygen atoms in total. The van der Waals surface area contributed by atoms with Gasteiger partial charge in [-0.15, -0.1) is 0 Å². The van der Waals surface area contributed by atoms with Gasteiger partial charge in [0.1, 0.15) is 18.3 Å². The summed E-state index contributed by atoms with van der Waals surface area (Å²) in [5.41, 5.74) is 8.70. The molecular weight excluding hydrogens is 294 g/mol. The summed E-state index contributed by atoms with van der Waals surface area (Å²) in [5.74, 6) is -2.37. The van der Waals surface area contributed by atoms with E-state index in [4.69, 9.17) is 24.5 Å². The Morgan fingerprint density at radius 2 is 1.95 bits per heavy atom. The summed E-state index contributed by atoms with van der Waals surface area (Å²) in [4.78, 5) is 14.6. The average molecular weight is 315 g/mol. The molecular formula is C13H21N3O6.